The molecule has 0 saturated carbocycles. The van der Waals surface area contributed by atoms with Crippen LogP contribution in [0.3, 0.4) is 0 Å². The number of benzene rings is 1. The summed E-state index contributed by atoms with van der Waals surface area (Å²) in [5.41, 5.74) is 0.454. The quantitative estimate of drug-likeness (QED) is 0.622. The van der Waals surface area contributed by atoms with Gasteiger partial charge in [-0.05, 0) is 0 Å². The summed E-state index contributed by atoms with van der Waals surface area (Å²) < 4.78 is 4.82. The maximum absolute atomic E-state index is 10.6. The smallest absolute Gasteiger partial charge is 0.270 e. The van der Waals surface area contributed by atoms with Crippen molar-refractivity contribution in [1.82, 2.24) is 10.1 Å². The monoisotopic (exact) mass is 236 g/mol. The molecule has 0 amide bonds. The Labute approximate surface area is 95.1 Å². The summed E-state index contributed by atoms with van der Waals surface area (Å²) in [6, 6.07) is 5.93. The van der Waals surface area contributed by atoms with Gasteiger partial charge in [0, 0.05) is 17.7 Å². The second-order valence-corrected chi connectivity index (χ2v) is 3.13. The number of rotatable bonds is 4. The van der Waals surface area contributed by atoms with Crippen molar-refractivity contribution < 1.29 is 14.3 Å². The van der Waals surface area contributed by atoms with E-state index >= 15 is 0 Å². The summed E-state index contributed by atoms with van der Waals surface area (Å²) in [6.07, 6.45) is 0. The number of aromatic nitrogens is 2. The first kappa shape index (κ1) is 11.2. The van der Waals surface area contributed by atoms with E-state index in [1.54, 1.807) is 12.1 Å². The largest absolute Gasteiger partial charge is 0.336 e. The number of hydrogen-bond acceptors (Lipinski definition) is 7. The van der Waals surface area contributed by atoms with Crippen molar-refractivity contribution >= 4 is 5.69 Å². The van der Waals surface area contributed by atoms with E-state index in [4.69, 9.17) is 10.4 Å². The topological polar surface area (TPSA) is 117 Å². The van der Waals surface area contributed by atoms with Gasteiger partial charge in [-0.15, -0.1) is 0 Å². The molecule has 0 atom stereocenters. The summed E-state index contributed by atoms with van der Waals surface area (Å²) in [5.74, 6) is 5.31. The van der Waals surface area contributed by atoms with Gasteiger partial charge < -0.3 is 4.52 Å². The average molecular weight is 236 g/mol. The molecule has 0 fully saturated rings. The Hall–Kier alpha value is -2.32. The van der Waals surface area contributed by atoms with Gasteiger partial charge >= 0.3 is 0 Å². The molecule has 8 heteroatoms. The Bertz CT molecular complexity index is 539. The Morgan fingerprint density at radius 1 is 1.53 bits per heavy atom. The number of nitro groups is 1. The van der Waals surface area contributed by atoms with E-state index in [2.05, 4.69) is 15.0 Å². The van der Waals surface area contributed by atoms with Crippen molar-refractivity contribution in [3.05, 3.63) is 40.3 Å². The maximum Gasteiger partial charge on any atom is 0.270 e. The zero-order valence-corrected chi connectivity index (χ0v) is 8.57. The van der Waals surface area contributed by atoms with E-state index in [0.717, 1.165) is 0 Å². The van der Waals surface area contributed by atoms with E-state index in [1.165, 1.54) is 12.1 Å². The zero-order valence-electron chi connectivity index (χ0n) is 8.57. The molecule has 1 heterocycles. The van der Waals surface area contributed by atoms with Crippen LogP contribution in [0.1, 0.15) is 5.89 Å². The number of non-ortho nitro benzene ring substituents is 1. The van der Waals surface area contributed by atoms with Crippen molar-refractivity contribution in [2.75, 3.05) is 0 Å². The third-order valence-corrected chi connectivity index (χ3v) is 1.99. The lowest BCUT2D eigenvalue weighted by molar-refractivity contribution is -0.384. The molecule has 88 valence electrons. The van der Waals surface area contributed by atoms with Gasteiger partial charge in [0.1, 0.15) is 6.61 Å². The van der Waals surface area contributed by atoms with Crippen LogP contribution in [0.25, 0.3) is 11.4 Å². The van der Waals surface area contributed by atoms with Crippen LogP contribution in [0.15, 0.2) is 28.8 Å². The van der Waals surface area contributed by atoms with Gasteiger partial charge in [-0.3, -0.25) is 15.0 Å². The predicted molar refractivity (Wildman–Crippen MR) is 55.4 cm³/mol. The third-order valence-electron chi connectivity index (χ3n) is 1.99. The second-order valence-electron chi connectivity index (χ2n) is 3.13. The fourth-order valence-corrected chi connectivity index (χ4v) is 1.26. The van der Waals surface area contributed by atoms with E-state index in [9.17, 15) is 10.1 Å². The van der Waals surface area contributed by atoms with Crippen LogP contribution >= 0.6 is 0 Å². The predicted octanol–water partition coefficient (Wildman–Crippen LogP) is 1.04. The lowest BCUT2D eigenvalue weighted by Crippen LogP contribution is -1.98. The molecule has 0 aliphatic carbocycles. The first-order valence-electron chi connectivity index (χ1n) is 4.60. The molecule has 0 aliphatic rings. The number of hydrogen-bond donors (Lipinski definition) is 1. The number of nitro benzene ring substituents is 1. The molecular weight excluding hydrogens is 228 g/mol. The molecule has 0 saturated heterocycles. The lowest BCUT2D eigenvalue weighted by Gasteiger charge is -1.94. The highest BCUT2D eigenvalue weighted by atomic mass is 16.6. The molecule has 0 spiro atoms. The van der Waals surface area contributed by atoms with Gasteiger partial charge in [0.05, 0.1) is 4.92 Å². The van der Waals surface area contributed by atoms with Crippen molar-refractivity contribution in [3.63, 3.8) is 0 Å². The minimum atomic E-state index is -0.493. The van der Waals surface area contributed by atoms with E-state index in [-0.39, 0.29) is 24.0 Å². The Morgan fingerprint density at radius 3 is 3.06 bits per heavy atom. The van der Waals surface area contributed by atoms with Gasteiger partial charge in [-0.25, -0.2) is 5.90 Å². The zero-order chi connectivity index (χ0) is 12.3. The van der Waals surface area contributed by atoms with Crippen LogP contribution in [0.2, 0.25) is 0 Å². The Balaban J connectivity index is 2.32. The molecule has 1 aromatic carbocycles. The Morgan fingerprint density at radius 2 is 2.35 bits per heavy atom. The summed E-state index contributed by atoms with van der Waals surface area (Å²) in [5, 5.41) is 14.3. The minimum absolute atomic E-state index is 0.0120. The fraction of sp³-hybridized carbons (Fsp3) is 0.111. The molecule has 1 aromatic heterocycles. The van der Waals surface area contributed by atoms with Crippen LogP contribution in [0.4, 0.5) is 5.69 Å². The third kappa shape index (κ3) is 2.44. The van der Waals surface area contributed by atoms with Gasteiger partial charge in [-0.1, -0.05) is 17.3 Å². The molecule has 2 aromatic rings. The molecule has 8 nitrogen and oxygen atoms in total. The standard InChI is InChI=1S/C9H8N4O4/c10-16-5-8-11-9(12-17-8)6-2-1-3-7(4-6)13(14)15/h1-4H,5,10H2. The van der Waals surface area contributed by atoms with E-state index < -0.39 is 4.92 Å². The fourth-order valence-electron chi connectivity index (χ4n) is 1.26. The van der Waals surface area contributed by atoms with E-state index in [0.29, 0.717) is 5.56 Å². The molecule has 2 rings (SSSR count). The van der Waals surface area contributed by atoms with Crippen molar-refractivity contribution in [3.8, 4) is 11.4 Å². The summed E-state index contributed by atoms with van der Waals surface area (Å²) in [7, 11) is 0. The highest BCUT2D eigenvalue weighted by Crippen LogP contribution is 2.21. The molecule has 0 bridgehead atoms. The van der Waals surface area contributed by atoms with Crippen molar-refractivity contribution in [1.29, 1.82) is 0 Å². The van der Waals surface area contributed by atoms with E-state index in [1.807, 2.05) is 0 Å². The first-order chi connectivity index (χ1) is 8.20. The van der Waals surface area contributed by atoms with Gasteiger partial charge in [0.15, 0.2) is 0 Å². The average Bonchev–Trinajstić information content (AvgIpc) is 2.78. The lowest BCUT2D eigenvalue weighted by atomic mass is 10.2. The SMILES string of the molecule is NOCc1nc(-c2cccc([N+](=O)[O-])c2)no1. The summed E-state index contributed by atoms with van der Waals surface area (Å²) >= 11 is 0. The summed E-state index contributed by atoms with van der Waals surface area (Å²) in [6.45, 7) is -0.0120. The molecule has 0 aliphatic heterocycles. The molecular formula is C9H8N4O4. The molecule has 0 radical (unpaired) electrons. The minimum Gasteiger partial charge on any atom is -0.336 e. The maximum atomic E-state index is 10.6. The summed E-state index contributed by atoms with van der Waals surface area (Å²) in [4.78, 5) is 18.4. The molecule has 2 N–H and O–H groups in total. The highest BCUT2D eigenvalue weighted by molar-refractivity contribution is 5.58. The number of nitrogens with zero attached hydrogens (tertiary/aromatic N) is 3. The van der Waals surface area contributed by atoms with Crippen LogP contribution in [0.5, 0.6) is 0 Å². The van der Waals surface area contributed by atoms with Crippen LogP contribution < -0.4 is 5.90 Å². The van der Waals surface area contributed by atoms with Crippen LogP contribution in [0, 0.1) is 10.1 Å². The molecule has 17 heavy (non-hydrogen) atoms. The van der Waals surface area contributed by atoms with Gasteiger partial charge in [0.2, 0.25) is 5.82 Å². The van der Waals surface area contributed by atoms with Crippen molar-refractivity contribution in [2.24, 2.45) is 5.90 Å². The Kier molecular flexibility index (Phi) is 3.08. The first-order valence-corrected chi connectivity index (χ1v) is 4.60. The van der Waals surface area contributed by atoms with Crippen molar-refractivity contribution in [2.45, 2.75) is 6.61 Å². The van der Waals surface area contributed by atoms with Crippen LogP contribution in [-0.2, 0) is 11.4 Å². The second kappa shape index (κ2) is 4.68. The number of nitrogens with two attached hydrogens (primary N) is 1. The highest BCUT2D eigenvalue weighted by Gasteiger charge is 2.12. The molecule has 0 unspecified atom stereocenters. The van der Waals surface area contributed by atoms with Gasteiger partial charge in [0.25, 0.3) is 11.6 Å². The van der Waals surface area contributed by atoms with Gasteiger partial charge in [-0.2, -0.15) is 4.98 Å². The normalized spacial score (nSPS) is 10.4. The van der Waals surface area contributed by atoms with Crippen LogP contribution in [-0.4, -0.2) is 15.1 Å².